The molecule has 0 aliphatic carbocycles. The molecule has 14 heavy (non-hydrogen) atoms. The second kappa shape index (κ2) is 6.04. The van der Waals surface area contributed by atoms with Crippen molar-refractivity contribution in [3.05, 3.63) is 24.0 Å². The summed E-state index contributed by atoms with van der Waals surface area (Å²) in [6, 6.07) is 3.60. The molecule has 0 bridgehead atoms. The zero-order valence-electron chi connectivity index (χ0n) is 7.94. The number of aromatic nitrogens is 2. The molecule has 1 rings (SSSR count). The van der Waals surface area contributed by atoms with Crippen LogP contribution in [0.5, 0.6) is 0 Å². The van der Waals surface area contributed by atoms with Crippen LogP contribution in [-0.4, -0.2) is 22.6 Å². The monoisotopic (exact) mass is 194 g/mol. The van der Waals surface area contributed by atoms with E-state index in [0.717, 1.165) is 5.69 Å². The van der Waals surface area contributed by atoms with Crippen molar-refractivity contribution in [3.8, 4) is 0 Å². The third-order valence-corrected chi connectivity index (χ3v) is 1.70. The first-order chi connectivity index (χ1) is 6.83. The summed E-state index contributed by atoms with van der Waals surface area (Å²) in [6.07, 6.45) is 2.78. The van der Waals surface area contributed by atoms with E-state index in [2.05, 4.69) is 15.5 Å². The average molecular weight is 194 g/mol. The van der Waals surface area contributed by atoms with Crippen LogP contribution in [0.25, 0.3) is 0 Å². The fourth-order valence-electron chi connectivity index (χ4n) is 0.968. The van der Waals surface area contributed by atoms with E-state index in [1.165, 1.54) is 0 Å². The number of amides is 1. The maximum Gasteiger partial charge on any atom is 0.220 e. The molecule has 0 saturated heterocycles. The van der Waals surface area contributed by atoms with Gasteiger partial charge in [0.05, 0.1) is 12.2 Å². The van der Waals surface area contributed by atoms with Gasteiger partial charge in [-0.2, -0.15) is 10.2 Å². The van der Waals surface area contributed by atoms with Crippen molar-refractivity contribution < 1.29 is 4.79 Å². The van der Waals surface area contributed by atoms with Gasteiger partial charge in [0, 0.05) is 12.6 Å². The van der Waals surface area contributed by atoms with Crippen LogP contribution in [0.2, 0.25) is 0 Å². The Morgan fingerprint density at radius 2 is 2.43 bits per heavy atom. The predicted molar refractivity (Wildman–Crippen MR) is 52.2 cm³/mol. The lowest BCUT2D eigenvalue weighted by Crippen LogP contribution is -2.23. The number of carbonyl (C=O) groups excluding carboxylic acids is 1. The van der Waals surface area contributed by atoms with Crippen molar-refractivity contribution in [1.82, 2.24) is 15.5 Å². The number of rotatable bonds is 5. The van der Waals surface area contributed by atoms with Crippen LogP contribution in [0.15, 0.2) is 18.3 Å². The molecule has 0 aliphatic rings. The molecule has 5 heteroatoms. The van der Waals surface area contributed by atoms with E-state index in [1.807, 2.05) is 6.07 Å². The molecule has 0 radical (unpaired) electrons. The van der Waals surface area contributed by atoms with E-state index in [-0.39, 0.29) is 5.91 Å². The van der Waals surface area contributed by atoms with Gasteiger partial charge in [-0.1, -0.05) is 0 Å². The van der Waals surface area contributed by atoms with Crippen molar-refractivity contribution in [2.24, 2.45) is 5.73 Å². The van der Waals surface area contributed by atoms with E-state index >= 15 is 0 Å². The fourth-order valence-corrected chi connectivity index (χ4v) is 0.968. The Bertz CT molecular complexity index is 275. The second-order valence-electron chi connectivity index (χ2n) is 2.88. The molecule has 1 heterocycles. The molecular weight excluding hydrogens is 180 g/mol. The van der Waals surface area contributed by atoms with Gasteiger partial charge in [0.15, 0.2) is 0 Å². The molecular formula is C9H14N4O. The van der Waals surface area contributed by atoms with Gasteiger partial charge in [-0.15, -0.1) is 0 Å². The van der Waals surface area contributed by atoms with Crippen LogP contribution in [0.3, 0.4) is 0 Å². The number of hydrogen-bond donors (Lipinski definition) is 2. The van der Waals surface area contributed by atoms with Gasteiger partial charge in [-0.05, 0) is 25.1 Å². The van der Waals surface area contributed by atoms with Gasteiger partial charge in [0.25, 0.3) is 0 Å². The van der Waals surface area contributed by atoms with E-state index in [1.54, 1.807) is 12.3 Å². The summed E-state index contributed by atoms with van der Waals surface area (Å²) in [6.45, 7) is 0.968. The lowest BCUT2D eigenvalue weighted by atomic mass is 10.3. The van der Waals surface area contributed by atoms with Crippen LogP contribution >= 0.6 is 0 Å². The highest BCUT2D eigenvalue weighted by molar-refractivity contribution is 5.75. The molecule has 0 saturated carbocycles. The minimum absolute atomic E-state index is 0.00102. The number of nitrogens with two attached hydrogens (primary N) is 1. The molecule has 0 aromatic carbocycles. The molecule has 0 spiro atoms. The summed E-state index contributed by atoms with van der Waals surface area (Å²) in [5, 5.41) is 10.3. The topological polar surface area (TPSA) is 80.9 Å². The van der Waals surface area contributed by atoms with E-state index in [0.29, 0.717) is 25.9 Å². The molecule has 1 aromatic heterocycles. The number of nitrogens with zero attached hydrogens (tertiary/aromatic N) is 2. The Balaban J connectivity index is 2.24. The van der Waals surface area contributed by atoms with Crippen molar-refractivity contribution in [2.45, 2.75) is 19.4 Å². The first-order valence-corrected chi connectivity index (χ1v) is 4.56. The Kier molecular flexibility index (Phi) is 4.57. The van der Waals surface area contributed by atoms with Crippen molar-refractivity contribution >= 4 is 5.91 Å². The van der Waals surface area contributed by atoms with Gasteiger partial charge in [-0.25, -0.2) is 0 Å². The standard InChI is InChI=1S/C9H14N4O/c10-5-1-4-9(14)11-7-8-3-2-6-12-13-8/h2-3,6H,1,4-5,7,10H2,(H,11,14). The zero-order valence-corrected chi connectivity index (χ0v) is 7.94. The fraction of sp³-hybridized carbons (Fsp3) is 0.444. The number of nitrogens with one attached hydrogen (secondary N) is 1. The number of hydrogen-bond acceptors (Lipinski definition) is 4. The summed E-state index contributed by atoms with van der Waals surface area (Å²) in [4.78, 5) is 11.2. The van der Waals surface area contributed by atoms with Crippen molar-refractivity contribution in [3.63, 3.8) is 0 Å². The smallest absolute Gasteiger partial charge is 0.220 e. The van der Waals surface area contributed by atoms with Crippen LogP contribution < -0.4 is 11.1 Å². The average Bonchev–Trinajstić information content (AvgIpc) is 2.25. The maximum atomic E-state index is 11.2. The van der Waals surface area contributed by atoms with Crippen LogP contribution in [-0.2, 0) is 11.3 Å². The molecule has 76 valence electrons. The van der Waals surface area contributed by atoms with E-state index < -0.39 is 0 Å². The Labute approximate surface area is 82.7 Å². The summed E-state index contributed by atoms with van der Waals surface area (Å²) >= 11 is 0. The molecule has 1 amide bonds. The Hall–Kier alpha value is -1.49. The van der Waals surface area contributed by atoms with Gasteiger partial charge in [0.2, 0.25) is 5.91 Å². The predicted octanol–water partition coefficient (Wildman–Crippen LogP) is -0.168. The minimum atomic E-state index is 0.00102. The molecule has 0 unspecified atom stereocenters. The molecule has 0 aliphatic heterocycles. The minimum Gasteiger partial charge on any atom is -0.350 e. The maximum absolute atomic E-state index is 11.2. The lowest BCUT2D eigenvalue weighted by molar-refractivity contribution is -0.121. The normalized spacial score (nSPS) is 9.79. The molecule has 1 aromatic rings. The first-order valence-electron chi connectivity index (χ1n) is 4.56. The lowest BCUT2D eigenvalue weighted by Gasteiger charge is -2.02. The van der Waals surface area contributed by atoms with Crippen LogP contribution in [0, 0.1) is 0 Å². The highest BCUT2D eigenvalue weighted by Crippen LogP contribution is 1.91. The van der Waals surface area contributed by atoms with E-state index in [4.69, 9.17) is 5.73 Å². The van der Waals surface area contributed by atoms with Gasteiger partial charge in [-0.3, -0.25) is 4.79 Å². The van der Waals surface area contributed by atoms with Gasteiger partial charge < -0.3 is 11.1 Å². The van der Waals surface area contributed by atoms with Crippen molar-refractivity contribution in [1.29, 1.82) is 0 Å². The summed E-state index contributed by atoms with van der Waals surface area (Å²) in [7, 11) is 0. The third kappa shape index (κ3) is 3.95. The van der Waals surface area contributed by atoms with Gasteiger partial charge in [0.1, 0.15) is 0 Å². The first kappa shape index (κ1) is 10.6. The summed E-state index contributed by atoms with van der Waals surface area (Å²) < 4.78 is 0. The summed E-state index contributed by atoms with van der Waals surface area (Å²) in [5.41, 5.74) is 6.04. The third-order valence-electron chi connectivity index (χ3n) is 1.70. The molecule has 5 nitrogen and oxygen atoms in total. The van der Waals surface area contributed by atoms with Gasteiger partial charge >= 0.3 is 0 Å². The quantitative estimate of drug-likeness (QED) is 0.682. The molecule has 0 fully saturated rings. The van der Waals surface area contributed by atoms with Crippen LogP contribution in [0.4, 0.5) is 0 Å². The highest BCUT2D eigenvalue weighted by atomic mass is 16.1. The number of carbonyl (C=O) groups is 1. The van der Waals surface area contributed by atoms with Crippen LogP contribution in [0.1, 0.15) is 18.5 Å². The highest BCUT2D eigenvalue weighted by Gasteiger charge is 2.00. The largest absolute Gasteiger partial charge is 0.350 e. The molecule has 0 atom stereocenters. The summed E-state index contributed by atoms with van der Waals surface area (Å²) in [5.74, 6) is 0.00102. The second-order valence-corrected chi connectivity index (χ2v) is 2.88. The zero-order chi connectivity index (χ0) is 10.2. The van der Waals surface area contributed by atoms with E-state index in [9.17, 15) is 4.79 Å². The molecule has 3 N–H and O–H groups in total. The Morgan fingerprint density at radius 3 is 3.07 bits per heavy atom. The SMILES string of the molecule is NCCCC(=O)NCc1cccnn1. The Morgan fingerprint density at radius 1 is 1.57 bits per heavy atom. The van der Waals surface area contributed by atoms with Crippen molar-refractivity contribution in [2.75, 3.05) is 6.54 Å².